The number of carbonyl (C=O) groups excluding carboxylic acids is 2. The molecule has 1 atom stereocenters. The highest BCUT2D eigenvalue weighted by molar-refractivity contribution is 6.01. The molecule has 0 spiro atoms. The summed E-state index contributed by atoms with van der Waals surface area (Å²) >= 11 is 0. The van der Waals surface area contributed by atoms with E-state index in [9.17, 15) is 9.59 Å². The van der Waals surface area contributed by atoms with E-state index in [0.29, 0.717) is 35.9 Å². The van der Waals surface area contributed by atoms with E-state index in [4.69, 9.17) is 9.47 Å². The third-order valence-corrected chi connectivity index (χ3v) is 5.50. The summed E-state index contributed by atoms with van der Waals surface area (Å²) in [6.07, 6.45) is 1.76. The number of rotatable bonds is 7. The fourth-order valence-electron chi connectivity index (χ4n) is 4.01. The summed E-state index contributed by atoms with van der Waals surface area (Å²) in [7, 11) is 3.13. The average Bonchev–Trinajstić information content (AvgIpc) is 3.08. The maximum absolute atomic E-state index is 13.2. The molecule has 7 nitrogen and oxygen atoms in total. The maximum Gasteiger partial charge on any atom is 0.319 e. The first kappa shape index (κ1) is 19.8. The number of benzene rings is 2. The fourth-order valence-corrected chi connectivity index (χ4v) is 4.01. The molecule has 30 heavy (non-hydrogen) atoms. The van der Waals surface area contributed by atoms with Crippen LogP contribution in [0.15, 0.2) is 59.8 Å². The second-order valence-electron chi connectivity index (χ2n) is 7.35. The molecule has 4 rings (SSSR count). The predicted octanol–water partition coefficient (Wildman–Crippen LogP) is 2.79. The van der Waals surface area contributed by atoms with E-state index in [2.05, 4.69) is 22.8 Å². The van der Waals surface area contributed by atoms with Gasteiger partial charge in [-0.25, -0.2) is 4.79 Å². The van der Waals surface area contributed by atoms with Crippen LogP contribution in [0, 0.1) is 0 Å². The zero-order valence-corrected chi connectivity index (χ0v) is 17.1. The molecule has 0 aliphatic carbocycles. The Kier molecular flexibility index (Phi) is 5.61. The Hall–Kier alpha value is -3.48. The smallest absolute Gasteiger partial charge is 0.319 e. The van der Waals surface area contributed by atoms with Gasteiger partial charge in [-0.1, -0.05) is 36.4 Å². The summed E-state index contributed by atoms with van der Waals surface area (Å²) in [5.74, 6) is 1.09. The van der Waals surface area contributed by atoms with E-state index < -0.39 is 6.04 Å². The molecule has 0 radical (unpaired) electrons. The Balaban J connectivity index is 1.51. The molecule has 3 amide bonds. The van der Waals surface area contributed by atoms with Crippen molar-refractivity contribution in [1.82, 2.24) is 15.5 Å². The SMILES string of the molecule is COc1ccc([C@@H]2NC(=O)NC3=C2C(=O)N(CCCc2ccccc2)C3)cc1OC. The van der Waals surface area contributed by atoms with E-state index in [-0.39, 0.29) is 11.9 Å². The normalized spacial score (nSPS) is 18.1. The van der Waals surface area contributed by atoms with Crippen LogP contribution in [0.2, 0.25) is 0 Å². The van der Waals surface area contributed by atoms with Crippen LogP contribution in [0.25, 0.3) is 0 Å². The monoisotopic (exact) mass is 407 g/mol. The highest BCUT2D eigenvalue weighted by Crippen LogP contribution is 2.36. The quantitative estimate of drug-likeness (QED) is 0.740. The summed E-state index contributed by atoms with van der Waals surface area (Å²) in [4.78, 5) is 27.2. The second kappa shape index (κ2) is 8.49. The molecule has 0 bridgehead atoms. The van der Waals surface area contributed by atoms with Crippen molar-refractivity contribution < 1.29 is 19.1 Å². The highest BCUT2D eigenvalue weighted by atomic mass is 16.5. The van der Waals surface area contributed by atoms with Gasteiger partial charge in [0.15, 0.2) is 11.5 Å². The van der Waals surface area contributed by atoms with E-state index in [0.717, 1.165) is 18.4 Å². The van der Waals surface area contributed by atoms with Crippen LogP contribution in [0.5, 0.6) is 11.5 Å². The molecule has 2 aliphatic rings. The van der Waals surface area contributed by atoms with Crippen LogP contribution in [0.1, 0.15) is 23.6 Å². The van der Waals surface area contributed by atoms with E-state index in [1.807, 2.05) is 24.3 Å². The molecule has 0 aromatic heterocycles. The average molecular weight is 407 g/mol. The van der Waals surface area contributed by atoms with Gasteiger partial charge in [-0.3, -0.25) is 4.79 Å². The summed E-state index contributed by atoms with van der Waals surface area (Å²) in [5.41, 5.74) is 3.28. The van der Waals surface area contributed by atoms with Crippen molar-refractivity contribution in [3.05, 3.63) is 70.9 Å². The van der Waals surface area contributed by atoms with Crippen molar-refractivity contribution in [3.63, 3.8) is 0 Å². The van der Waals surface area contributed by atoms with Gasteiger partial charge in [-0.05, 0) is 36.1 Å². The third-order valence-electron chi connectivity index (χ3n) is 5.50. The number of hydrogen-bond donors (Lipinski definition) is 2. The van der Waals surface area contributed by atoms with Crippen LogP contribution in [-0.2, 0) is 11.2 Å². The van der Waals surface area contributed by atoms with E-state index >= 15 is 0 Å². The molecule has 0 unspecified atom stereocenters. The first-order valence-corrected chi connectivity index (χ1v) is 9.96. The number of nitrogens with zero attached hydrogens (tertiary/aromatic N) is 1. The van der Waals surface area contributed by atoms with Crippen molar-refractivity contribution in [3.8, 4) is 11.5 Å². The highest BCUT2D eigenvalue weighted by Gasteiger charge is 2.40. The van der Waals surface area contributed by atoms with Crippen molar-refractivity contribution in [2.24, 2.45) is 0 Å². The molecule has 0 fully saturated rings. The number of urea groups is 1. The fraction of sp³-hybridized carbons (Fsp3) is 0.304. The number of nitrogens with one attached hydrogen (secondary N) is 2. The number of methoxy groups -OCH3 is 2. The van der Waals surface area contributed by atoms with Gasteiger partial charge in [0.1, 0.15) is 0 Å². The lowest BCUT2D eigenvalue weighted by Crippen LogP contribution is -2.44. The molecule has 0 saturated carbocycles. The molecule has 2 aromatic rings. The van der Waals surface area contributed by atoms with Crippen molar-refractivity contribution in [2.45, 2.75) is 18.9 Å². The van der Waals surface area contributed by atoms with E-state index in [1.54, 1.807) is 31.3 Å². The van der Waals surface area contributed by atoms with Crippen molar-refractivity contribution >= 4 is 11.9 Å². The van der Waals surface area contributed by atoms with Gasteiger partial charge in [0, 0.05) is 6.54 Å². The Bertz CT molecular complexity index is 987. The minimum absolute atomic E-state index is 0.0506. The summed E-state index contributed by atoms with van der Waals surface area (Å²) in [5, 5.41) is 5.68. The van der Waals surface area contributed by atoms with E-state index in [1.165, 1.54) is 5.56 Å². The number of carbonyl (C=O) groups is 2. The molecule has 7 heteroatoms. The second-order valence-corrected chi connectivity index (χ2v) is 7.35. The molecule has 2 N–H and O–H groups in total. The molecule has 2 aromatic carbocycles. The number of ether oxygens (including phenoxy) is 2. The number of hydrogen-bond acceptors (Lipinski definition) is 4. The Labute approximate surface area is 175 Å². The minimum Gasteiger partial charge on any atom is -0.493 e. The predicted molar refractivity (Wildman–Crippen MR) is 112 cm³/mol. The summed E-state index contributed by atoms with van der Waals surface area (Å²) < 4.78 is 10.7. The molecule has 2 aliphatic heterocycles. The van der Waals surface area contributed by atoms with Crippen LogP contribution in [-0.4, -0.2) is 44.1 Å². The summed E-state index contributed by atoms with van der Waals surface area (Å²) in [6, 6.07) is 14.8. The van der Waals surface area contributed by atoms with Gasteiger partial charge in [0.25, 0.3) is 5.91 Å². The van der Waals surface area contributed by atoms with Gasteiger partial charge in [-0.15, -0.1) is 0 Å². The van der Waals surface area contributed by atoms with Gasteiger partial charge < -0.3 is 25.0 Å². The Morgan fingerprint density at radius 1 is 1.03 bits per heavy atom. The summed E-state index contributed by atoms with van der Waals surface area (Å²) in [6.45, 7) is 1.05. The minimum atomic E-state index is -0.528. The van der Waals surface area contributed by atoms with Crippen molar-refractivity contribution in [2.75, 3.05) is 27.3 Å². The van der Waals surface area contributed by atoms with Crippen LogP contribution in [0.3, 0.4) is 0 Å². The molecule has 2 heterocycles. The zero-order valence-electron chi connectivity index (χ0n) is 17.1. The largest absolute Gasteiger partial charge is 0.493 e. The topological polar surface area (TPSA) is 79.9 Å². The van der Waals surface area contributed by atoms with Crippen LogP contribution < -0.4 is 20.1 Å². The standard InChI is InChI=1S/C23H25N3O4/c1-29-18-11-10-16(13-19(18)30-2)21-20-17(24-23(28)25-21)14-26(22(20)27)12-6-9-15-7-4-3-5-8-15/h3-5,7-8,10-11,13,21H,6,9,12,14H2,1-2H3,(H2,24,25,28)/t21-/m0/s1. The van der Waals surface area contributed by atoms with Gasteiger partial charge >= 0.3 is 6.03 Å². The first-order chi connectivity index (χ1) is 14.6. The maximum atomic E-state index is 13.2. The lowest BCUT2D eigenvalue weighted by Gasteiger charge is -2.26. The number of amides is 3. The van der Waals surface area contributed by atoms with Crippen molar-refractivity contribution in [1.29, 1.82) is 0 Å². The van der Waals surface area contributed by atoms with Gasteiger partial charge in [0.05, 0.1) is 38.1 Å². The third kappa shape index (κ3) is 3.83. The molecule has 156 valence electrons. The Morgan fingerprint density at radius 2 is 1.80 bits per heavy atom. The number of aryl methyl sites for hydroxylation is 1. The zero-order chi connectivity index (χ0) is 21.1. The lowest BCUT2D eigenvalue weighted by atomic mass is 9.96. The molecule has 0 saturated heterocycles. The van der Waals surface area contributed by atoms with Gasteiger partial charge in [-0.2, -0.15) is 0 Å². The van der Waals surface area contributed by atoms with Crippen LogP contribution in [0.4, 0.5) is 4.79 Å². The molecular formula is C23H25N3O4. The van der Waals surface area contributed by atoms with Crippen LogP contribution >= 0.6 is 0 Å². The first-order valence-electron chi connectivity index (χ1n) is 9.96. The Morgan fingerprint density at radius 3 is 2.53 bits per heavy atom. The molecular weight excluding hydrogens is 382 g/mol. The lowest BCUT2D eigenvalue weighted by molar-refractivity contribution is -0.125. The van der Waals surface area contributed by atoms with Gasteiger partial charge in [0.2, 0.25) is 0 Å².